The highest BCUT2D eigenvalue weighted by molar-refractivity contribution is 5.88. The van der Waals surface area contributed by atoms with Gasteiger partial charge in [-0.3, -0.25) is 4.79 Å². The first-order chi connectivity index (χ1) is 10.6. The van der Waals surface area contributed by atoms with E-state index in [1.165, 1.54) is 5.39 Å². The van der Waals surface area contributed by atoms with Crippen molar-refractivity contribution in [3.63, 3.8) is 0 Å². The summed E-state index contributed by atoms with van der Waals surface area (Å²) in [5, 5.41) is 8.66. The first-order valence-corrected chi connectivity index (χ1v) is 7.70. The Morgan fingerprint density at radius 2 is 2.00 bits per heavy atom. The Morgan fingerprint density at radius 1 is 1.23 bits per heavy atom. The van der Waals surface area contributed by atoms with E-state index in [0.717, 1.165) is 17.5 Å². The van der Waals surface area contributed by atoms with Crippen molar-refractivity contribution in [3.8, 4) is 0 Å². The van der Waals surface area contributed by atoms with Crippen LogP contribution in [-0.4, -0.2) is 31.7 Å². The summed E-state index contributed by atoms with van der Waals surface area (Å²) in [6.07, 6.45) is -0.414. The number of benzene rings is 2. The van der Waals surface area contributed by atoms with Gasteiger partial charge in [-0.05, 0) is 30.2 Å². The number of carbonyl (C=O) groups excluding carboxylic acids is 1. The second-order valence-electron chi connectivity index (χ2n) is 6.20. The molecule has 4 heteroatoms. The topological polar surface area (TPSA) is 50.4 Å². The lowest BCUT2D eigenvalue weighted by Gasteiger charge is -2.31. The Hall–Kier alpha value is -1.91. The molecule has 0 bridgehead atoms. The van der Waals surface area contributed by atoms with Crippen LogP contribution in [0.4, 0.5) is 0 Å². The Labute approximate surface area is 130 Å². The molecule has 1 aliphatic heterocycles. The fraction of sp³-hybridized carbons (Fsp3) is 0.389. The van der Waals surface area contributed by atoms with E-state index in [1.54, 1.807) is 0 Å². The lowest BCUT2D eigenvalue weighted by Crippen LogP contribution is -2.52. The molecule has 0 unspecified atom stereocenters. The number of hydrogen-bond donors (Lipinski definition) is 2. The number of nitrogens with one attached hydrogen (secondary N) is 2. The molecule has 1 aliphatic rings. The van der Waals surface area contributed by atoms with E-state index in [1.807, 2.05) is 32.0 Å². The maximum absolute atomic E-state index is 12.4. The zero-order valence-corrected chi connectivity index (χ0v) is 13.1. The highest BCUT2D eigenvalue weighted by Gasteiger charge is 2.29. The minimum Gasteiger partial charge on any atom is -0.366 e. The number of carbonyl (C=O) groups is 1. The van der Waals surface area contributed by atoms with Crippen LogP contribution in [0, 0.1) is 0 Å². The molecule has 1 amide bonds. The highest BCUT2D eigenvalue weighted by Crippen LogP contribution is 2.28. The van der Waals surface area contributed by atoms with Crippen LogP contribution in [0.3, 0.4) is 0 Å². The Kier molecular flexibility index (Phi) is 4.14. The average Bonchev–Trinajstić information content (AvgIpc) is 2.54. The lowest BCUT2D eigenvalue weighted by atomic mass is 9.89. The van der Waals surface area contributed by atoms with Crippen molar-refractivity contribution >= 4 is 16.7 Å². The van der Waals surface area contributed by atoms with Crippen molar-refractivity contribution in [2.75, 3.05) is 19.7 Å². The number of hydrogen-bond acceptors (Lipinski definition) is 3. The van der Waals surface area contributed by atoms with Crippen molar-refractivity contribution in [2.45, 2.75) is 25.5 Å². The Balaban J connectivity index is 1.86. The van der Waals surface area contributed by atoms with E-state index in [2.05, 4.69) is 34.9 Å². The SMILES string of the molecule is CC(C)(NC(=O)[C@H]1CNCCO1)c1cccc2ccccc12. The zero-order chi connectivity index (χ0) is 15.6. The molecule has 1 fully saturated rings. The lowest BCUT2D eigenvalue weighted by molar-refractivity contribution is -0.136. The van der Waals surface area contributed by atoms with Gasteiger partial charge in [0.2, 0.25) is 0 Å². The van der Waals surface area contributed by atoms with Crippen LogP contribution in [0.15, 0.2) is 42.5 Å². The number of morpholine rings is 1. The van der Waals surface area contributed by atoms with Gasteiger partial charge in [-0.1, -0.05) is 42.5 Å². The molecule has 1 saturated heterocycles. The third kappa shape index (κ3) is 2.98. The molecule has 4 nitrogen and oxygen atoms in total. The fourth-order valence-corrected chi connectivity index (χ4v) is 2.96. The maximum atomic E-state index is 12.4. The van der Waals surface area contributed by atoms with Crippen LogP contribution in [-0.2, 0) is 15.1 Å². The van der Waals surface area contributed by atoms with Crippen LogP contribution in [0.1, 0.15) is 19.4 Å². The first-order valence-electron chi connectivity index (χ1n) is 7.70. The minimum atomic E-state index is -0.460. The molecule has 1 atom stereocenters. The standard InChI is InChI=1S/C18H22N2O2/c1-18(2,20-17(21)16-12-19-10-11-22-16)15-9-5-7-13-6-3-4-8-14(13)15/h3-9,16,19H,10-12H2,1-2H3,(H,20,21)/t16-/m1/s1. The number of ether oxygens (including phenoxy) is 1. The van der Waals surface area contributed by atoms with Gasteiger partial charge in [-0.15, -0.1) is 0 Å². The van der Waals surface area contributed by atoms with Crippen molar-refractivity contribution in [2.24, 2.45) is 0 Å². The van der Waals surface area contributed by atoms with E-state index in [4.69, 9.17) is 4.74 Å². The Bertz CT molecular complexity index is 670. The van der Waals surface area contributed by atoms with Crippen LogP contribution >= 0.6 is 0 Å². The van der Waals surface area contributed by atoms with E-state index in [-0.39, 0.29) is 5.91 Å². The summed E-state index contributed by atoms with van der Waals surface area (Å²) in [6.45, 7) is 6.01. The molecule has 0 aliphatic carbocycles. The summed E-state index contributed by atoms with van der Waals surface area (Å²) < 4.78 is 5.53. The van der Waals surface area contributed by atoms with Gasteiger partial charge in [0.1, 0.15) is 6.10 Å². The van der Waals surface area contributed by atoms with Crippen molar-refractivity contribution in [1.29, 1.82) is 0 Å². The van der Waals surface area contributed by atoms with Gasteiger partial charge in [0, 0.05) is 13.1 Å². The van der Waals surface area contributed by atoms with Gasteiger partial charge >= 0.3 is 0 Å². The predicted octanol–water partition coefficient (Wildman–Crippen LogP) is 2.18. The number of rotatable bonds is 3. The van der Waals surface area contributed by atoms with Gasteiger partial charge in [-0.25, -0.2) is 0 Å². The molecule has 2 aromatic carbocycles. The van der Waals surface area contributed by atoms with Gasteiger partial charge in [0.15, 0.2) is 0 Å². The quantitative estimate of drug-likeness (QED) is 0.913. The second kappa shape index (κ2) is 6.07. The van der Waals surface area contributed by atoms with Crippen molar-refractivity contribution < 1.29 is 9.53 Å². The summed E-state index contributed by atoms with van der Waals surface area (Å²) in [4.78, 5) is 12.4. The third-order valence-corrected chi connectivity index (χ3v) is 4.12. The molecule has 2 aromatic rings. The summed E-state index contributed by atoms with van der Waals surface area (Å²) in [5.41, 5.74) is 0.654. The van der Waals surface area contributed by atoms with Crippen LogP contribution in [0.2, 0.25) is 0 Å². The molecular weight excluding hydrogens is 276 g/mol. The number of fused-ring (bicyclic) bond motifs is 1. The molecule has 22 heavy (non-hydrogen) atoms. The van der Waals surface area contributed by atoms with Gasteiger partial charge < -0.3 is 15.4 Å². The van der Waals surface area contributed by atoms with E-state index in [9.17, 15) is 4.79 Å². The minimum absolute atomic E-state index is 0.0647. The van der Waals surface area contributed by atoms with E-state index >= 15 is 0 Å². The van der Waals surface area contributed by atoms with Gasteiger partial charge in [0.25, 0.3) is 5.91 Å². The molecule has 0 radical (unpaired) electrons. The summed E-state index contributed by atoms with van der Waals surface area (Å²) >= 11 is 0. The smallest absolute Gasteiger partial charge is 0.251 e. The van der Waals surface area contributed by atoms with Gasteiger partial charge in [0.05, 0.1) is 12.1 Å². The largest absolute Gasteiger partial charge is 0.366 e. The highest BCUT2D eigenvalue weighted by atomic mass is 16.5. The second-order valence-corrected chi connectivity index (χ2v) is 6.20. The molecule has 0 aromatic heterocycles. The monoisotopic (exact) mass is 298 g/mol. The number of amides is 1. The third-order valence-electron chi connectivity index (χ3n) is 4.12. The maximum Gasteiger partial charge on any atom is 0.251 e. The van der Waals surface area contributed by atoms with Gasteiger partial charge in [-0.2, -0.15) is 0 Å². The average molecular weight is 298 g/mol. The van der Waals surface area contributed by atoms with Crippen LogP contribution in [0.5, 0.6) is 0 Å². The molecule has 0 saturated carbocycles. The summed E-state index contributed by atoms with van der Waals surface area (Å²) in [5.74, 6) is -0.0647. The summed E-state index contributed by atoms with van der Waals surface area (Å²) in [7, 11) is 0. The van der Waals surface area contributed by atoms with Crippen molar-refractivity contribution in [3.05, 3.63) is 48.0 Å². The van der Waals surface area contributed by atoms with Crippen LogP contribution < -0.4 is 10.6 Å². The normalized spacial score (nSPS) is 19.1. The first kappa shape index (κ1) is 15.0. The zero-order valence-electron chi connectivity index (χ0n) is 13.1. The molecule has 2 N–H and O–H groups in total. The molecule has 3 rings (SSSR count). The molecule has 1 heterocycles. The molecule has 116 valence electrons. The van der Waals surface area contributed by atoms with Crippen molar-refractivity contribution in [1.82, 2.24) is 10.6 Å². The Morgan fingerprint density at radius 3 is 2.77 bits per heavy atom. The predicted molar refractivity (Wildman–Crippen MR) is 87.7 cm³/mol. The molecule has 0 spiro atoms. The fourth-order valence-electron chi connectivity index (χ4n) is 2.96. The van der Waals surface area contributed by atoms with Crippen LogP contribution in [0.25, 0.3) is 10.8 Å². The van der Waals surface area contributed by atoms with E-state index in [0.29, 0.717) is 13.2 Å². The van der Waals surface area contributed by atoms with E-state index < -0.39 is 11.6 Å². The summed E-state index contributed by atoms with van der Waals surface area (Å²) in [6, 6.07) is 14.4. The molecular formula is C18H22N2O2.